The van der Waals surface area contributed by atoms with Crippen LogP contribution in [-0.4, -0.2) is 15.9 Å². The van der Waals surface area contributed by atoms with Crippen molar-refractivity contribution < 1.29 is 33.5 Å². The van der Waals surface area contributed by atoms with Crippen LogP contribution in [-0.2, 0) is 18.0 Å². The van der Waals surface area contributed by atoms with E-state index in [4.69, 9.17) is 10.5 Å². The molecule has 2 rings (SSSR count). The maximum atomic E-state index is 10.5. The number of aromatic carboxylic acids is 1. The van der Waals surface area contributed by atoms with Crippen molar-refractivity contribution in [1.29, 1.82) is 0 Å². The molecule has 0 radical (unpaired) electrons. The molecule has 0 fully saturated rings. The first kappa shape index (κ1) is 11.0. The van der Waals surface area contributed by atoms with Crippen LogP contribution >= 0.6 is 0 Å². The third-order valence-corrected chi connectivity index (χ3v) is 1.75. The fraction of sp³-hybridized carbons (Fsp3) is 0.286. The first-order chi connectivity index (χ1) is 6.18. The summed E-state index contributed by atoms with van der Waals surface area (Å²) in [5.41, 5.74) is 6.15. The normalized spacial score (nSPS) is 13.1. The SMILES string of the molecule is Nc1nc2c(nc1C(=O)[O-])COC2.[Li+]. The van der Waals surface area contributed by atoms with Crippen LogP contribution < -0.4 is 29.7 Å². The van der Waals surface area contributed by atoms with E-state index in [0.717, 1.165) is 0 Å². The van der Waals surface area contributed by atoms with Gasteiger partial charge in [0.05, 0.1) is 30.6 Å². The number of nitrogen functional groups attached to an aromatic ring is 1. The maximum absolute atomic E-state index is 10.5. The second-order valence-electron chi connectivity index (χ2n) is 2.63. The van der Waals surface area contributed by atoms with Crippen molar-refractivity contribution in [2.24, 2.45) is 0 Å². The summed E-state index contributed by atoms with van der Waals surface area (Å²) < 4.78 is 5.01. The molecule has 14 heavy (non-hydrogen) atoms. The fourth-order valence-electron chi connectivity index (χ4n) is 1.15. The molecule has 0 unspecified atom stereocenters. The monoisotopic (exact) mass is 187 g/mol. The van der Waals surface area contributed by atoms with Gasteiger partial charge in [0, 0.05) is 0 Å². The Balaban J connectivity index is 0.000000980. The van der Waals surface area contributed by atoms with Crippen molar-refractivity contribution in [2.45, 2.75) is 13.2 Å². The Morgan fingerprint density at radius 3 is 2.50 bits per heavy atom. The average molecular weight is 187 g/mol. The van der Waals surface area contributed by atoms with E-state index in [-0.39, 0.29) is 37.0 Å². The molecule has 0 spiro atoms. The van der Waals surface area contributed by atoms with E-state index >= 15 is 0 Å². The number of rotatable bonds is 1. The smallest absolute Gasteiger partial charge is 0.543 e. The van der Waals surface area contributed by atoms with Gasteiger partial charge >= 0.3 is 18.9 Å². The van der Waals surface area contributed by atoms with E-state index in [2.05, 4.69) is 9.97 Å². The summed E-state index contributed by atoms with van der Waals surface area (Å²) in [4.78, 5) is 18.1. The molecule has 0 saturated carbocycles. The van der Waals surface area contributed by atoms with Gasteiger partial charge in [0.25, 0.3) is 0 Å². The number of nitrogens with two attached hydrogens (primary N) is 1. The molecule has 2 heterocycles. The minimum Gasteiger partial charge on any atom is -0.543 e. The second kappa shape index (κ2) is 3.96. The Morgan fingerprint density at radius 1 is 1.36 bits per heavy atom. The molecule has 2 N–H and O–H groups in total. The van der Waals surface area contributed by atoms with Crippen LogP contribution in [0.15, 0.2) is 0 Å². The van der Waals surface area contributed by atoms with E-state index in [1.807, 2.05) is 0 Å². The molecule has 1 aromatic heterocycles. The number of ether oxygens (including phenoxy) is 1. The largest absolute Gasteiger partial charge is 1.00 e. The van der Waals surface area contributed by atoms with Gasteiger partial charge in [-0.05, 0) is 0 Å². The van der Waals surface area contributed by atoms with Gasteiger partial charge < -0.3 is 20.4 Å². The molecule has 0 atom stereocenters. The predicted octanol–water partition coefficient (Wildman–Crippen LogP) is -4.54. The maximum Gasteiger partial charge on any atom is 1.00 e. The van der Waals surface area contributed by atoms with Crippen molar-refractivity contribution in [3.8, 4) is 0 Å². The number of anilines is 1. The quantitative estimate of drug-likeness (QED) is 0.444. The third kappa shape index (κ3) is 1.73. The zero-order valence-corrected chi connectivity index (χ0v) is 7.61. The molecular formula is C7H6LiN3O3. The van der Waals surface area contributed by atoms with Crippen LogP contribution in [0.2, 0.25) is 0 Å². The van der Waals surface area contributed by atoms with Crippen LogP contribution in [0.5, 0.6) is 0 Å². The molecule has 1 aliphatic rings. The Morgan fingerprint density at radius 2 is 1.93 bits per heavy atom. The molecule has 68 valence electrons. The van der Waals surface area contributed by atoms with E-state index in [0.29, 0.717) is 18.0 Å². The van der Waals surface area contributed by atoms with Gasteiger partial charge in [-0.1, -0.05) is 0 Å². The van der Waals surface area contributed by atoms with Gasteiger partial charge in [0.15, 0.2) is 5.82 Å². The zero-order chi connectivity index (χ0) is 9.42. The van der Waals surface area contributed by atoms with Crippen molar-refractivity contribution >= 4 is 11.8 Å². The number of fused-ring (bicyclic) bond motifs is 1. The Hall–Kier alpha value is -1.09. The van der Waals surface area contributed by atoms with Gasteiger partial charge in [-0.3, -0.25) is 0 Å². The minimum atomic E-state index is -1.42. The summed E-state index contributed by atoms with van der Waals surface area (Å²) in [5.74, 6) is -1.54. The molecule has 1 aromatic rings. The molecule has 0 aliphatic carbocycles. The first-order valence-electron chi connectivity index (χ1n) is 3.63. The van der Waals surface area contributed by atoms with Gasteiger partial charge in [-0.15, -0.1) is 0 Å². The standard InChI is InChI=1S/C7H7N3O3.Li/c8-6-5(7(11)12)9-3-1-13-2-4(3)10-6;/h1-2H2,(H2,8,10)(H,11,12);/q;+1/p-1. The van der Waals surface area contributed by atoms with Crippen LogP contribution in [0.4, 0.5) is 5.82 Å². The molecule has 6 nitrogen and oxygen atoms in total. The number of carbonyl (C=O) groups excluding carboxylic acids is 1. The molecule has 0 aromatic carbocycles. The summed E-state index contributed by atoms with van der Waals surface area (Å²) in [7, 11) is 0. The van der Waals surface area contributed by atoms with Crippen molar-refractivity contribution in [3.05, 3.63) is 17.1 Å². The summed E-state index contributed by atoms with van der Waals surface area (Å²) in [6.45, 7) is 0.614. The Kier molecular flexibility index (Phi) is 3.11. The van der Waals surface area contributed by atoms with Gasteiger partial charge in [0.2, 0.25) is 0 Å². The van der Waals surface area contributed by atoms with Crippen molar-refractivity contribution in [1.82, 2.24) is 9.97 Å². The third-order valence-electron chi connectivity index (χ3n) is 1.75. The number of carboxylic acid groups (broad SMARTS) is 1. The van der Waals surface area contributed by atoms with Gasteiger partial charge in [-0.2, -0.15) is 0 Å². The van der Waals surface area contributed by atoms with Gasteiger partial charge in [0.1, 0.15) is 5.69 Å². The average Bonchev–Trinajstić information content (AvgIpc) is 2.48. The van der Waals surface area contributed by atoms with Crippen molar-refractivity contribution in [3.63, 3.8) is 0 Å². The first-order valence-corrected chi connectivity index (χ1v) is 3.63. The summed E-state index contributed by atoms with van der Waals surface area (Å²) in [5, 5.41) is 10.5. The molecule has 0 bridgehead atoms. The molecule has 1 aliphatic heterocycles. The van der Waals surface area contributed by atoms with E-state index in [1.54, 1.807) is 0 Å². The van der Waals surface area contributed by atoms with Crippen molar-refractivity contribution in [2.75, 3.05) is 5.73 Å². The minimum absolute atomic E-state index is 0. The summed E-state index contributed by atoms with van der Waals surface area (Å²) in [6.07, 6.45) is 0. The Labute approximate surface area is 91.7 Å². The number of hydrogen-bond donors (Lipinski definition) is 1. The number of carboxylic acids is 1. The summed E-state index contributed by atoms with van der Waals surface area (Å²) >= 11 is 0. The molecule has 0 saturated heterocycles. The fourth-order valence-corrected chi connectivity index (χ4v) is 1.15. The zero-order valence-electron chi connectivity index (χ0n) is 7.61. The van der Waals surface area contributed by atoms with Crippen LogP contribution in [0.25, 0.3) is 0 Å². The molecular weight excluding hydrogens is 181 g/mol. The second-order valence-corrected chi connectivity index (χ2v) is 2.63. The number of hydrogen-bond acceptors (Lipinski definition) is 6. The molecule has 7 heteroatoms. The van der Waals surface area contributed by atoms with Gasteiger partial charge in [-0.25, -0.2) is 9.97 Å². The molecule has 0 amide bonds. The van der Waals surface area contributed by atoms with E-state index < -0.39 is 5.97 Å². The number of nitrogens with zero attached hydrogens (tertiary/aromatic N) is 2. The summed E-state index contributed by atoms with van der Waals surface area (Å²) in [6, 6.07) is 0. The van der Waals surface area contributed by atoms with Crippen LogP contribution in [0.3, 0.4) is 0 Å². The van der Waals surface area contributed by atoms with Crippen LogP contribution in [0, 0.1) is 0 Å². The van der Waals surface area contributed by atoms with E-state index in [9.17, 15) is 9.90 Å². The van der Waals surface area contributed by atoms with Crippen LogP contribution in [0.1, 0.15) is 21.9 Å². The van der Waals surface area contributed by atoms with E-state index in [1.165, 1.54) is 0 Å². The number of aromatic nitrogens is 2. The topological polar surface area (TPSA) is 101 Å². The number of carbonyl (C=O) groups is 1. The predicted molar refractivity (Wildman–Crippen MR) is 39.3 cm³/mol. The Bertz CT molecular complexity index is 383.